The van der Waals surface area contributed by atoms with E-state index in [1.54, 1.807) is 24.3 Å². The lowest BCUT2D eigenvalue weighted by Gasteiger charge is -2.13. The molecule has 2 aromatic carbocycles. The first kappa shape index (κ1) is 23.1. The fraction of sp³-hybridized carbons (Fsp3) is 0.167. The van der Waals surface area contributed by atoms with Crippen LogP contribution in [-0.4, -0.2) is 16.6 Å². The molecule has 8 heteroatoms. The number of amides is 1. The van der Waals surface area contributed by atoms with Gasteiger partial charge in [-0.15, -0.1) is 11.8 Å². The average Bonchev–Trinajstić information content (AvgIpc) is 2.80. The third kappa shape index (κ3) is 5.39. The van der Waals surface area contributed by atoms with Crippen LogP contribution in [0.3, 0.4) is 0 Å². The Balaban J connectivity index is 1.81. The number of halogens is 1. The molecule has 3 rings (SSSR count). The number of thioether (sulfide) groups is 1. The predicted octanol–water partition coefficient (Wildman–Crippen LogP) is 5.41. The normalized spacial score (nSPS) is 10.2. The SMILES string of the molecule is CCc1ccc(-c2c(C#N)c(N)nc(SCCC(=O)Nc3ccc(Cl)cc3)c2C#N)cc1. The highest BCUT2D eigenvalue weighted by Gasteiger charge is 2.20. The molecule has 0 unspecified atom stereocenters. The molecule has 0 fully saturated rings. The van der Waals surface area contributed by atoms with Crippen LogP contribution in [0.5, 0.6) is 0 Å². The molecule has 6 nitrogen and oxygen atoms in total. The van der Waals surface area contributed by atoms with Crippen molar-refractivity contribution < 1.29 is 4.79 Å². The first-order chi connectivity index (χ1) is 15.5. The van der Waals surface area contributed by atoms with Crippen molar-refractivity contribution in [1.82, 2.24) is 4.98 Å². The van der Waals surface area contributed by atoms with Gasteiger partial charge in [-0.3, -0.25) is 4.79 Å². The van der Waals surface area contributed by atoms with Crippen molar-refractivity contribution in [3.63, 3.8) is 0 Å². The molecule has 1 amide bonds. The minimum atomic E-state index is -0.171. The van der Waals surface area contributed by atoms with Gasteiger partial charge in [0.15, 0.2) is 0 Å². The summed E-state index contributed by atoms with van der Waals surface area (Å²) >= 11 is 7.11. The van der Waals surface area contributed by atoms with Gasteiger partial charge in [0, 0.05) is 28.4 Å². The smallest absolute Gasteiger partial charge is 0.225 e. The van der Waals surface area contributed by atoms with E-state index in [1.807, 2.05) is 24.3 Å². The van der Waals surface area contributed by atoms with E-state index in [0.29, 0.717) is 27.1 Å². The van der Waals surface area contributed by atoms with Crippen molar-refractivity contribution in [2.75, 3.05) is 16.8 Å². The molecule has 0 atom stereocenters. The quantitative estimate of drug-likeness (QED) is 0.454. The molecule has 1 aromatic heterocycles. The summed E-state index contributed by atoms with van der Waals surface area (Å²) in [6, 6.07) is 18.8. The van der Waals surface area contributed by atoms with E-state index in [0.717, 1.165) is 17.5 Å². The number of pyridine rings is 1. The van der Waals surface area contributed by atoms with E-state index < -0.39 is 0 Å². The molecule has 0 bridgehead atoms. The number of nitrogens with two attached hydrogens (primary N) is 1. The second-order valence-corrected chi connectivity index (χ2v) is 8.37. The highest BCUT2D eigenvalue weighted by molar-refractivity contribution is 7.99. The number of carbonyl (C=O) groups is 1. The summed E-state index contributed by atoms with van der Waals surface area (Å²) in [6.45, 7) is 2.05. The van der Waals surface area contributed by atoms with Crippen LogP contribution in [0.15, 0.2) is 53.6 Å². The lowest BCUT2D eigenvalue weighted by Crippen LogP contribution is -2.12. The highest BCUT2D eigenvalue weighted by atomic mass is 35.5. The molecule has 0 saturated carbocycles. The summed E-state index contributed by atoms with van der Waals surface area (Å²) in [4.78, 5) is 16.5. The molecule has 0 aliphatic heterocycles. The van der Waals surface area contributed by atoms with Crippen LogP contribution in [0.1, 0.15) is 30.0 Å². The molecular weight excluding hydrogens is 442 g/mol. The van der Waals surface area contributed by atoms with E-state index >= 15 is 0 Å². The molecule has 3 N–H and O–H groups in total. The minimum Gasteiger partial charge on any atom is -0.383 e. The van der Waals surface area contributed by atoms with Crippen molar-refractivity contribution >= 4 is 40.8 Å². The molecule has 0 saturated heterocycles. The van der Waals surface area contributed by atoms with Crippen LogP contribution in [0.25, 0.3) is 11.1 Å². The molecular formula is C24H20ClN5OS. The molecule has 0 spiro atoms. The Morgan fingerprint density at radius 3 is 2.34 bits per heavy atom. The number of anilines is 2. The van der Waals surface area contributed by atoms with Crippen LogP contribution >= 0.6 is 23.4 Å². The fourth-order valence-corrected chi connectivity index (χ4v) is 4.16. The van der Waals surface area contributed by atoms with Gasteiger partial charge in [-0.1, -0.05) is 42.8 Å². The maximum absolute atomic E-state index is 12.2. The first-order valence-corrected chi connectivity index (χ1v) is 11.2. The van der Waals surface area contributed by atoms with E-state index in [9.17, 15) is 15.3 Å². The maximum atomic E-state index is 12.2. The van der Waals surface area contributed by atoms with Crippen LogP contribution in [0, 0.1) is 22.7 Å². The molecule has 160 valence electrons. The number of nitrogens with zero attached hydrogens (tertiary/aromatic N) is 3. The number of benzene rings is 2. The number of nitrogen functional groups attached to an aromatic ring is 1. The summed E-state index contributed by atoms with van der Waals surface area (Å²) in [7, 11) is 0. The van der Waals surface area contributed by atoms with Crippen molar-refractivity contribution in [1.29, 1.82) is 10.5 Å². The van der Waals surface area contributed by atoms with Crippen molar-refractivity contribution in [2.24, 2.45) is 0 Å². The highest BCUT2D eigenvalue weighted by Crippen LogP contribution is 2.36. The summed E-state index contributed by atoms with van der Waals surface area (Å²) < 4.78 is 0. The van der Waals surface area contributed by atoms with Crippen molar-refractivity contribution in [2.45, 2.75) is 24.8 Å². The van der Waals surface area contributed by atoms with Gasteiger partial charge in [-0.2, -0.15) is 10.5 Å². The van der Waals surface area contributed by atoms with Gasteiger partial charge in [0.05, 0.1) is 5.56 Å². The summed E-state index contributed by atoms with van der Waals surface area (Å²) in [5.74, 6) is 0.283. The zero-order chi connectivity index (χ0) is 23.1. The van der Waals surface area contributed by atoms with E-state index in [4.69, 9.17) is 17.3 Å². The van der Waals surface area contributed by atoms with Gasteiger partial charge in [0.25, 0.3) is 0 Å². The first-order valence-electron chi connectivity index (χ1n) is 9.88. The predicted molar refractivity (Wildman–Crippen MR) is 128 cm³/mol. The Hall–Kier alpha value is -3.52. The number of rotatable bonds is 7. The Labute approximate surface area is 196 Å². The van der Waals surface area contributed by atoms with Crippen LogP contribution in [0.4, 0.5) is 11.5 Å². The fourth-order valence-electron chi connectivity index (χ4n) is 3.10. The standard InChI is InChI=1S/C24H20ClN5OS/c1-2-15-3-5-16(6-4-15)22-19(13-26)23(28)30-24(20(22)14-27)32-12-11-21(31)29-18-9-7-17(25)8-10-18/h3-10H,2,11-12H2,1H3,(H2,28,30)(H,29,31). The van der Waals surface area contributed by atoms with Gasteiger partial charge >= 0.3 is 0 Å². The number of aromatic nitrogens is 1. The molecule has 32 heavy (non-hydrogen) atoms. The largest absolute Gasteiger partial charge is 0.383 e. The van der Waals surface area contributed by atoms with Crippen molar-refractivity contribution in [3.8, 4) is 23.3 Å². The number of nitriles is 2. The summed E-state index contributed by atoms with van der Waals surface area (Å²) in [5, 5.41) is 23.3. The lowest BCUT2D eigenvalue weighted by molar-refractivity contribution is -0.115. The van der Waals surface area contributed by atoms with Crippen LogP contribution < -0.4 is 11.1 Å². The van der Waals surface area contributed by atoms with Gasteiger partial charge in [0.2, 0.25) is 5.91 Å². The van der Waals surface area contributed by atoms with Crippen molar-refractivity contribution in [3.05, 3.63) is 70.2 Å². The van der Waals surface area contributed by atoms with Gasteiger partial charge < -0.3 is 11.1 Å². The van der Waals surface area contributed by atoms with Crippen LogP contribution in [-0.2, 0) is 11.2 Å². The number of hydrogen-bond donors (Lipinski definition) is 2. The monoisotopic (exact) mass is 461 g/mol. The maximum Gasteiger partial charge on any atom is 0.225 e. The zero-order valence-corrected chi connectivity index (χ0v) is 18.9. The third-order valence-electron chi connectivity index (χ3n) is 4.76. The number of aryl methyl sites for hydroxylation is 1. The zero-order valence-electron chi connectivity index (χ0n) is 17.4. The number of nitrogens with one attached hydrogen (secondary N) is 1. The third-order valence-corrected chi connectivity index (χ3v) is 5.99. The Kier molecular flexibility index (Phi) is 7.72. The average molecular weight is 462 g/mol. The van der Waals surface area contributed by atoms with Crippen LogP contribution in [0.2, 0.25) is 5.02 Å². The van der Waals surface area contributed by atoms with E-state index in [-0.39, 0.29) is 29.3 Å². The molecule has 0 aliphatic carbocycles. The molecule has 3 aromatic rings. The number of carbonyl (C=O) groups excluding carboxylic acids is 1. The Morgan fingerprint density at radius 2 is 1.75 bits per heavy atom. The van der Waals surface area contributed by atoms with Gasteiger partial charge in [0.1, 0.15) is 28.5 Å². The van der Waals surface area contributed by atoms with Gasteiger partial charge in [-0.25, -0.2) is 4.98 Å². The second kappa shape index (κ2) is 10.7. The van der Waals surface area contributed by atoms with E-state index in [1.165, 1.54) is 11.8 Å². The number of hydrogen-bond acceptors (Lipinski definition) is 6. The Bertz CT molecular complexity index is 1210. The lowest BCUT2D eigenvalue weighted by atomic mass is 9.96. The molecule has 0 radical (unpaired) electrons. The second-order valence-electron chi connectivity index (χ2n) is 6.85. The minimum absolute atomic E-state index is 0.0641. The molecule has 1 heterocycles. The molecule has 0 aliphatic rings. The Morgan fingerprint density at radius 1 is 1.09 bits per heavy atom. The van der Waals surface area contributed by atoms with E-state index in [2.05, 4.69) is 29.4 Å². The summed E-state index contributed by atoms with van der Waals surface area (Å²) in [5.41, 5.74) is 9.51. The summed E-state index contributed by atoms with van der Waals surface area (Å²) in [6.07, 6.45) is 1.09. The topological polar surface area (TPSA) is 116 Å². The van der Waals surface area contributed by atoms with Gasteiger partial charge in [-0.05, 0) is 41.8 Å².